The van der Waals surface area contributed by atoms with Gasteiger partial charge in [-0.15, -0.1) is 0 Å². The highest BCUT2D eigenvalue weighted by molar-refractivity contribution is 8.05. The number of benzene rings is 2. The molecule has 0 aliphatic carbocycles. The van der Waals surface area contributed by atoms with Crippen LogP contribution in [0, 0.1) is 11.3 Å². The molecular weight excluding hydrogens is 386 g/mol. The van der Waals surface area contributed by atoms with Gasteiger partial charge in [0.2, 0.25) is 5.91 Å². The third-order valence-electron chi connectivity index (χ3n) is 4.59. The molecule has 1 N–H and O–H groups in total. The van der Waals surface area contributed by atoms with Gasteiger partial charge in [0.05, 0.1) is 18.4 Å². The Bertz CT molecular complexity index is 981. The number of nitrogens with one attached hydrogen (secondary N) is 1. The molecule has 0 saturated carbocycles. The maximum atomic E-state index is 12.9. The molecule has 2 unspecified atom stereocenters. The summed E-state index contributed by atoms with van der Waals surface area (Å²) in [5.41, 5.74) is 1.43. The predicted molar refractivity (Wildman–Crippen MR) is 113 cm³/mol. The van der Waals surface area contributed by atoms with Gasteiger partial charge in [0.25, 0.3) is 5.91 Å². The average Bonchev–Trinajstić information content (AvgIpc) is 3.03. The van der Waals surface area contributed by atoms with E-state index in [-0.39, 0.29) is 17.5 Å². The van der Waals surface area contributed by atoms with Crippen LogP contribution in [0.1, 0.15) is 25.5 Å². The van der Waals surface area contributed by atoms with Crippen molar-refractivity contribution in [1.29, 1.82) is 5.26 Å². The van der Waals surface area contributed by atoms with Crippen LogP contribution >= 0.6 is 11.8 Å². The zero-order valence-corrected chi connectivity index (χ0v) is 17.2. The molecule has 1 fully saturated rings. The Morgan fingerprint density at radius 2 is 1.86 bits per heavy atom. The molecule has 2 aromatic rings. The number of amides is 2. The number of carbonyl (C=O) groups is 2. The molecular formula is C22H21N3O3S. The van der Waals surface area contributed by atoms with Crippen LogP contribution in [0.2, 0.25) is 0 Å². The van der Waals surface area contributed by atoms with Gasteiger partial charge < -0.3 is 10.1 Å². The van der Waals surface area contributed by atoms with Crippen molar-refractivity contribution in [2.24, 2.45) is 0 Å². The van der Waals surface area contributed by atoms with Crippen LogP contribution in [-0.4, -0.2) is 24.2 Å². The molecule has 1 aliphatic heterocycles. The number of hydrogen-bond donors (Lipinski definition) is 1. The second kappa shape index (κ2) is 8.84. The first-order valence-electron chi connectivity index (χ1n) is 9.11. The molecule has 0 aromatic heterocycles. The van der Waals surface area contributed by atoms with Gasteiger partial charge in [-0.3, -0.25) is 14.5 Å². The molecule has 2 atom stereocenters. The number of methoxy groups -OCH3 is 1. The molecule has 6 nitrogen and oxygen atoms in total. The zero-order valence-electron chi connectivity index (χ0n) is 16.4. The molecule has 148 valence electrons. The highest BCUT2D eigenvalue weighted by atomic mass is 32.2. The first-order valence-corrected chi connectivity index (χ1v) is 9.99. The molecule has 7 heteroatoms. The Labute approximate surface area is 174 Å². The van der Waals surface area contributed by atoms with Crippen molar-refractivity contribution in [2.75, 3.05) is 12.0 Å². The van der Waals surface area contributed by atoms with Crippen molar-refractivity contribution in [2.45, 2.75) is 25.1 Å². The van der Waals surface area contributed by atoms with E-state index in [9.17, 15) is 14.9 Å². The lowest BCUT2D eigenvalue weighted by molar-refractivity contribution is -0.117. The normalized spacial score (nSPS) is 18.8. The third kappa shape index (κ3) is 4.28. The maximum absolute atomic E-state index is 12.9. The topological polar surface area (TPSA) is 82.4 Å². The number of carbonyl (C=O) groups excluding carboxylic acids is 2. The molecule has 29 heavy (non-hydrogen) atoms. The average molecular weight is 407 g/mol. The fourth-order valence-electron chi connectivity index (χ4n) is 2.99. The largest absolute Gasteiger partial charge is 0.497 e. The number of anilines is 1. The van der Waals surface area contributed by atoms with E-state index in [2.05, 4.69) is 5.32 Å². The minimum Gasteiger partial charge on any atom is -0.497 e. The zero-order chi connectivity index (χ0) is 21.0. The maximum Gasteiger partial charge on any atom is 0.265 e. The van der Waals surface area contributed by atoms with Crippen molar-refractivity contribution < 1.29 is 14.3 Å². The van der Waals surface area contributed by atoms with E-state index in [4.69, 9.17) is 4.74 Å². The second-order valence-electron chi connectivity index (χ2n) is 6.53. The van der Waals surface area contributed by atoms with E-state index in [1.54, 1.807) is 38.3 Å². The number of thioether (sulfide) groups is 1. The van der Waals surface area contributed by atoms with Gasteiger partial charge in [0.15, 0.2) is 0 Å². The summed E-state index contributed by atoms with van der Waals surface area (Å²) in [6.07, 6.45) is 0. The minimum absolute atomic E-state index is 0.0775. The van der Waals surface area contributed by atoms with Crippen LogP contribution in [0.4, 0.5) is 5.69 Å². The van der Waals surface area contributed by atoms with Gasteiger partial charge in [0, 0.05) is 5.69 Å². The van der Waals surface area contributed by atoms with Crippen molar-refractivity contribution >= 4 is 29.3 Å². The van der Waals surface area contributed by atoms with Crippen LogP contribution in [0.25, 0.3) is 0 Å². The van der Waals surface area contributed by atoms with Gasteiger partial charge in [-0.25, -0.2) is 0 Å². The van der Waals surface area contributed by atoms with E-state index in [1.165, 1.54) is 16.7 Å². The summed E-state index contributed by atoms with van der Waals surface area (Å²) in [5.74, 6) is -0.0276. The fourth-order valence-corrected chi connectivity index (χ4v) is 4.09. The van der Waals surface area contributed by atoms with Crippen LogP contribution < -0.4 is 15.0 Å². The fraction of sp³-hybridized carbons (Fsp3) is 0.227. The highest BCUT2D eigenvalue weighted by Gasteiger charge is 2.38. The molecule has 2 amide bonds. The smallest absolute Gasteiger partial charge is 0.265 e. The lowest BCUT2D eigenvalue weighted by atomic mass is 10.1. The minimum atomic E-state index is -0.508. The summed E-state index contributed by atoms with van der Waals surface area (Å²) in [7, 11) is 1.56. The Morgan fingerprint density at radius 3 is 2.45 bits per heavy atom. The monoisotopic (exact) mass is 407 g/mol. The molecule has 3 rings (SSSR count). The van der Waals surface area contributed by atoms with E-state index < -0.39 is 11.2 Å². The molecule has 0 bridgehead atoms. The van der Waals surface area contributed by atoms with Crippen LogP contribution in [-0.2, 0) is 9.59 Å². The molecule has 0 radical (unpaired) electrons. The van der Waals surface area contributed by atoms with E-state index in [0.29, 0.717) is 16.5 Å². The summed E-state index contributed by atoms with van der Waals surface area (Å²) in [4.78, 5) is 27.1. The van der Waals surface area contributed by atoms with Crippen molar-refractivity contribution in [3.63, 3.8) is 0 Å². The number of nitriles is 1. The van der Waals surface area contributed by atoms with Gasteiger partial charge in [-0.05, 0) is 43.7 Å². The van der Waals surface area contributed by atoms with E-state index >= 15 is 0 Å². The Hall–Kier alpha value is -3.24. The van der Waals surface area contributed by atoms with E-state index in [1.807, 2.05) is 43.3 Å². The van der Waals surface area contributed by atoms with Crippen LogP contribution in [0.5, 0.6) is 5.75 Å². The molecule has 1 saturated heterocycles. The Balaban J connectivity index is 1.94. The van der Waals surface area contributed by atoms with Gasteiger partial charge >= 0.3 is 0 Å². The van der Waals surface area contributed by atoms with Crippen molar-refractivity contribution in [3.8, 4) is 11.8 Å². The molecule has 0 spiro atoms. The van der Waals surface area contributed by atoms with Gasteiger partial charge in [0.1, 0.15) is 22.4 Å². The third-order valence-corrected chi connectivity index (χ3v) is 5.76. The standard InChI is InChI=1S/C22H21N3O3S/c1-14(16-7-5-4-6-8-16)24-20(26)19(13-23)22-25(21(27)15(2)29-22)17-9-11-18(28-3)12-10-17/h4-12,14-15H,1-3H3,(H,24,26)/b22-19-. The Kier molecular flexibility index (Phi) is 6.25. The lowest BCUT2D eigenvalue weighted by Gasteiger charge is -2.20. The van der Waals surface area contributed by atoms with Crippen LogP contribution in [0.15, 0.2) is 65.2 Å². The van der Waals surface area contributed by atoms with E-state index in [0.717, 1.165) is 5.56 Å². The van der Waals surface area contributed by atoms with Crippen molar-refractivity contribution in [1.82, 2.24) is 5.32 Å². The van der Waals surface area contributed by atoms with Gasteiger partial charge in [-0.1, -0.05) is 42.1 Å². The number of ether oxygens (including phenoxy) is 1. The van der Waals surface area contributed by atoms with Gasteiger partial charge in [-0.2, -0.15) is 5.26 Å². The summed E-state index contributed by atoms with van der Waals surface area (Å²) in [6, 6.07) is 18.1. The Morgan fingerprint density at radius 1 is 1.21 bits per heavy atom. The summed E-state index contributed by atoms with van der Waals surface area (Å²) in [6.45, 7) is 3.61. The van der Waals surface area contributed by atoms with Crippen LogP contribution in [0.3, 0.4) is 0 Å². The number of nitrogens with zero attached hydrogens (tertiary/aromatic N) is 2. The van der Waals surface area contributed by atoms with Crippen molar-refractivity contribution in [3.05, 3.63) is 70.8 Å². The molecule has 1 aliphatic rings. The molecule has 1 heterocycles. The first kappa shape index (κ1) is 20.5. The SMILES string of the molecule is COc1ccc(N2C(=O)C(C)S/C2=C(/C#N)C(=O)NC(C)c2ccccc2)cc1. The highest BCUT2D eigenvalue weighted by Crippen LogP contribution is 2.40. The number of hydrogen-bond acceptors (Lipinski definition) is 5. The summed E-state index contributed by atoms with van der Waals surface area (Å²) in [5, 5.41) is 12.5. The quantitative estimate of drug-likeness (QED) is 0.603. The number of rotatable bonds is 5. The lowest BCUT2D eigenvalue weighted by Crippen LogP contribution is -2.32. The molecule has 2 aromatic carbocycles. The predicted octanol–water partition coefficient (Wildman–Crippen LogP) is 3.78. The first-order chi connectivity index (χ1) is 14.0. The summed E-state index contributed by atoms with van der Waals surface area (Å²) < 4.78 is 5.16. The second-order valence-corrected chi connectivity index (χ2v) is 7.86. The summed E-state index contributed by atoms with van der Waals surface area (Å²) >= 11 is 1.21.